The van der Waals surface area contributed by atoms with Gasteiger partial charge in [0.05, 0.1) is 40.6 Å². The molecule has 4 aromatic rings. The standard InChI is InChI=1S/C25H24ClN5O2/c1-3-30(14-22-28-21-7-5-4-6-18(21)24(32)29-22)25(33)19-13-27-31(23(19)16-9-10-16)17-11-8-15(2)20(26)12-17/h4-8,11-13,16H,3,9-10,14H2,1-2H3,(H,28,29,32). The summed E-state index contributed by atoms with van der Waals surface area (Å²) >= 11 is 6.35. The highest BCUT2D eigenvalue weighted by atomic mass is 35.5. The monoisotopic (exact) mass is 461 g/mol. The van der Waals surface area contributed by atoms with Crippen LogP contribution in [0.25, 0.3) is 16.6 Å². The number of aromatic amines is 1. The molecule has 0 bridgehead atoms. The number of nitrogens with zero attached hydrogens (tertiary/aromatic N) is 4. The van der Waals surface area contributed by atoms with Crippen LogP contribution in [0.15, 0.2) is 53.5 Å². The van der Waals surface area contributed by atoms with Gasteiger partial charge >= 0.3 is 0 Å². The predicted octanol–water partition coefficient (Wildman–Crippen LogP) is 4.61. The van der Waals surface area contributed by atoms with E-state index in [4.69, 9.17) is 11.6 Å². The van der Waals surface area contributed by atoms with Gasteiger partial charge in [0.2, 0.25) is 0 Å². The van der Waals surface area contributed by atoms with Gasteiger partial charge in [0.15, 0.2) is 0 Å². The van der Waals surface area contributed by atoms with Crippen molar-refractivity contribution in [2.24, 2.45) is 0 Å². The molecule has 168 valence electrons. The maximum absolute atomic E-state index is 13.6. The summed E-state index contributed by atoms with van der Waals surface area (Å²) in [5, 5.41) is 5.75. The molecule has 0 aliphatic heterocycles. The highest BCUT2D eigenvalue weighted by Crippen LogP contribution is 2.43. The number of hydrogen-bond acceptors (Lipinski definition) is 4. The average Bonchev–Trinajstić information content (AvgIpc) is 3.56. The molecule has 1 fully saturated rings. The van der Waals surface area contributed by atoms with E-state index in [1.165, 1.54) is 0 Å². The highest BCUT2D eigenvalue weighted by Gasteiger charge is 2.34. The Balaban J connectivity index is 1.49. The largest absolute Gasteiger partial charge is 0.331 e. The third-order valence-electron chi connectivity index (χ3n) is 6.07. The summed E-state index contributed by atoms with van der Waals surface area (Å²) in [4.78, 5) is 35.1. The van der Waals surface area contributed by atoms with Crippen molar-refractivity contribution in [1.82, 2.24) is 24.6 Å². The van der Waals surface area contributed by atoms with Gasteiger partial charge in [0, 0.05) is 17.5 Å². The van der Waals surface area contributed by atoms with E-state index in [2.05, 4.69) is 15.1 Å². The van der Waals surface area contributed by atoms with E-state index in [0.717, 1.165) is 29.8 Å². The first-order valence-electron chi connectivity index (χ1n) is 11.1. The number of carbonyl (C=O) groups is 1. The third-order valence-corrected chi connectivity index (χ3v) is 6.48. The molecule has 7 nitrogen and oxygen atoms in total. The molecule has 8 heteroatoms. The molecule has 0 spiro atoms. The van der Waals surface area contributed by atoms with Gasteiger partial charge in [-0.25, -0.2) is 9.67 Å². The van der Waals surface area contributed by atoms with E-state index >= 15 is 0 Å². The number of amides is 1. The van der Waals surface area contributed by atoms with Crippen molar-refractivity contribution < 1.29 is 4.79 Å². The molecule has 5 rings (SSSR count). The number of aromatic nitrogens is 4. The summed E-state index contributed by atoms with van der Waals surface area (Å²) in [5.41, 5.74) is 3.74. The summed E-state index contributed by atoms with van der Waals surface area (Å²) in [7, 11) is 0. The van der Waals surface area contributed by atoms with Crippen LogP contribution in [0.4, 0.5) is 0 Å². The molecule has 0 atom stereocenters. The van der Waals surface area contributed by atoms with E-state index in [1.54, 1.807) is 29.3 Å². The minimum absolute atomic E-state index is 0.125. The van der Waals surface area contributed by atoms with Crippen LogP contribution in [0.5, 0.6) is 0 Å². The lowest BCUT2D eigenvalue weighted by Crippen LogP contribution is -2.32. The topological polar surface area (TPSA) is 83.9 Å². The quantitative estimate of drug-likeness (QED) is 0.454. The second kappa shape index (κ2) is 8.48. The van der Waals surface area contributed by atoms with E-state index in [1.807, 2.05) is 42.8 Å². The number of carbonyl (C=O) groups excluding carboxylic acids is 1. The van der Waals surface area contributed by atoms with Crippen LogP contribution in [0.3, 0.4) is 0 Å². The number of H-pyrrole nitrogens is 1. The zero-order valence-electron chi connectivity index (χ0n) is 18.5. The van der Waals surface area contributed by atoms with Gasteiger partial charge in [0.25, 0.3) is 11.5 Å². The maximum Gasteiger partial charge on any atom is 0.258 e. The van der Waals surface area contributed by atoms with Crippen LogP contribution in [-0.2, 0) is 6.54 Å². The molecule has 2 heterocycles. The number of halogens is 1. The summed E-state index contributed by atoms with van der Waals surface area (Å²) in [6, 6.07) is 13.0. The van der Waals surface area contributed by atoms with Crippen LogP contribution >= 0.6 is 11.6 Å². The van der Waals surface area contributed by atoms with Crippen LogP contribution in [0.2, 0.25) is 5.02 Å². The lowest BCUT2D eigenvalue weighted by molar-refractivity contribution is 0.0747. The van der Waals surface area contributed by atoms with Gasteiger partial charge < -0.3 is 9.88 Å². The molecular formula is C25H24ClN5O2. The number of benzene rings is 2. The van der Waals surface area contributed by atoms with Crippen molar-refractivity contribution in [2.75, 3.05) is 6.54 Å². The molecule has 2 aromatic heterocycles. The van der Waals surface area contributed by atoms with Gasteiger partial charge in [-0.3, -0.25) is 9.59 Å². The van der Waals surface area contributed by atoms with Crippen molar-refractivity contribution in [2.45, 2.75) is 39.2 Å². The van der Waals surface area contributed by atoms with Crippen LogP contribution in [-0.4, -0.2) is 37.1 Å². The molecule has 1 aliphatic carbocycles. The van der Waals surface area contributed by atoms with Gasteiger partial charge in [-0.1, -0.05) is 29.8 Å². The zero-order chi connectivity index (χ0) is 23.1. The Morgan fingerprint density at radius 3 is 2.76 bits per heavy atom. The first-order valence-corrected chi connectivity index (χ1v) is 11.5. The van der Waals surface area contributed by atoms with Gasteiger partial charge in [-0.05, 0) is 56.5 Å². The number of nitrogens with one attached hydrogen (secondary N) is 1. The molecule has 33 heavy (non-hydrogen) atoms. The van der Waals surface area contributed by atoms with Crippen LogP contribution in [0.1, 0.15) is 53.1 Å². The minimum atomic E-state index is -0.207. The minimum Gasteiger partial charge on any atom is -0.331 e. The van der Waals surface area contributed by atoms with Gasteiger partial charge in [-0.15, -0.1) is 0 Å². The third kappa shape index (κ3) is 4.04. The number of para-hydroxylation sites is 1. The lowest BCUT2D eigenvalue weighted by Gasteiger charge is -2.21. The van der Waals surface area contributed by atoms with Crippen molar-refractivity contribution in [3.63, 3.8) is 0 Å². The van der Waals surface area contributed by atoms with E-state index in [9.17, 15) is 9.59 Å². The van der Waals surface area contributed by atoms with E-state index in [-0.39, 0.29) is 18.0 Å². The SMILES string of the molecule is CCN(Cc1nc2ccccc2c(=O)[nH]1)C(=O)c1cnn(-c2ccc(C)c(Cl)c2)c1C1CC1. The molecule has 1 amide bonds. The fraction of sp³-hybridized carbons (Fsp3) is 0.280. The fourth-order valence-corrected chi connectivity index (χ4v) is 4.25. The Bertz CT molecular complexity index is 1420. The number of rotatable bonds is 6. The van der Waals surface area contributed by atoms with Crippen LogP contribution < -0.4 is 5.56 Å². The number of hydrogen-bond donors (Lipinski definition) is 1. The number of aryl methyl sites for hydroxylation is 1. The highest BCUT2D eigenvalue weighted by molar-refractivity contribution is 6.31. The second-order valence-electron chi connectivity index (χ2n) is 8.41. The molecule has 1 aliphatic rings. The summed E-state index contributed by atoms with van der Waals surface area (Å²) in [6.45, 7) is 4.55. The normalized spacial score (nSPS) is 13.4. The van der Waals surface area contributed by atoms with Crippen molar-refractivity contribution in [3.8, 4) is 5.69 Å². The Hall–Kier alpha value is -3.45. The van der Waals surface area contributed by atoms with Crippen molar-refractivity contribution >= 4 is 28.4 Å². The lowest BCUT2D eigenvalue weighted by atomic mass is 10.1. The Kier molecular flexibility index (Phi) is 5.50. The zero-order valence-corrected chi connectivity index (χ0v) is 19.3. The van der Waals surface area contributed by atoms with Crippen molar-refractivity contribution in [3.05, 3.63) is 86.7 Å². The molecule has 0 saturated heterocycles. The summed E-state index contributed by atoms with van der Waals surface area (Å²) < 4.78 is 1.83. The predicted molar refractivity (Wildman–Crippen MR) is 128 cm³/mol. The van der Waals surface area contributed by atoms with Gasteiger partial charge in [0.1, 0.15) is 5.82 Å². The summed E-state index contributed by atoms with van der Waals surface area (Å²) in [6.07, 6.45) is 3.69. The summed E-state index contributed by atoms with van der Waals surface area (Å²) in [5.74, 6) is 0.628. The molecule has 0 unspecified atom stereocenters. The molecule has 0 radical (unpaired) electrons. The maximum atomic E-state index is 13.6. The first-order chi connectivity index (χ1) is 16.0. The Labute approximate surface area is 196 Å². The Morgan fingerprint density at radius 1 is 1.24 bits per heavy atom. The molecule has 1 saturated carbocycles. The van der Waals surface area contributed by atoms with E-state index in [0.29, 0.717) is 39.8 Å². The number of fused-ring (bicyclic) bond motifs is 1. The fourth-order valence-electron chi connectivity index (χ4n) is 4.08. The molecular weight excluding hydrogens is 438 g/mol. The smallest absolute Gasteiger partial charge is 0.258 e. The second-order valence-corrected chi connectivity index (χ2v) is 8.82. The average molecular weight is 462 g/mol. The van der Waals surface area contributed by atoms with E-state index < -0.39 is 0 Å². The molecule has 2 aromatic carbocycles. The first kappa shape index (κ1) is 21.4. The van der Waals surface area contributed by atoms with Gasteiger partial charge in [-0.2, -0.15) is 5.10 Å². The van der Waals surface area contributed by atoms with Crippen LogP contribution in [0, 0.1) is 6.92 Å². The Morgan fingerprint density at radius 2 is 2.03 bits per heavy atom. The van der Waals surface area contributed by atoms with Crippen molar-refractivity contribution in [1.29, 1.82) is 0 Å². The molecule has 1 N–H and O–H groups in total.